The third-order valence-electron chi connectivity index (χ3n) is 4.67. The van der Waals surface area contributed by atoms with E-state index in [0.717, 1.165) is 25.4 Å². The van der Waals surface area contributed by atoms with Gasteiger partial charge in [-0.3, -0.25) is 4.68 Å². The van der Waals surface area contributed by atoms with E-state index < -0.39 is 0 Å². The van der Waals surface area contributed by atoms with E-state index in [9.17, 15) is 0 Å². The molecule has 0 saturated carbocycles. The van der Waals surface area contributed by atoms with Gasteiger partial charge in [-0.05, 0) is 42.5 Å². The van der Waals surface area contributed by atoms with Gasteiger partial charge in [0, 0.05) is 32.0 Å². The van der Waals surface area contributed by atoms with Gasteiger partial charge in [-0.1, -0.05) is 19.1 Å². The minimum atomic E-state index is 0.548. The van der Waals surface area contributed by atoms with Crippen LogP contribution in [0.2, 0.25) is 0 Å². The summed E-state index contributed by atoms with van der Waals surface area (Å²) in [4.78, 5) is 2.58. The van der Waals surface area contributed by atoms with Crippen LogP contribution in [0.4, 0.5) is 0 Å². The summed E-state index contributed by atoms with van der Waals surface area (Å²) in [6.07, 6.45) is 6.34. The second-order valence-corrected chi connectivity index (χ2v) is 6.19. The van der Waals surface area contributed by atoms with Gasteiger partial charge < -0.3 is 9.64 Å². The van der Waals surface area contributed by atoms with Crippen LogP contribution in [0.1, 0.15) is 37.3 Å². The molecule has 0 spiro atoms. The molecule has 118 valence electrons. The summed E-state index contributed by atoms with van der Waals surface area (Å²) >= 11 is 0. The van der Waals surface area contributed by atoms with Gasteiger partial charge in [-0.15, -0.1) is 0 Å². The summed E-state index contributed by atoms with van der Waals surface area (Å²) < 4.78 is 7.34. The first-order valence-corrected chi connectivity index (χ1v) is 8.11. The minimum absolute atomic E-state index is 0.548. The van der Waals surface area contributed by atoms with E-state index in [0.29, 0.717) is 12.0 Å². The van der Waals surface area contributed by atoms with Gasteiger partial charge in [0.2, 0.25) is 0 Å². The van der Waals surface area contributed by atoms with Crippen molar-refractivity contribution in [3.05, 3.63) is 48.3 Å². The average Bonchev–Trinajstić information content (AvgIpc) is 3.10. The zero-order valence-electron chi connectivity index (χ0n) is 13.5. The summed E-state index contributed by atoms with van der Waals surface area (Å²) in [5.74, 6) is 1.48. The molecule has 0 radical (unpaired) electrons. The van der Waals surface area contributed by atoms with Crippen LogP contribution in [0.3, 0.4) is 0 Å². The van der Waals surface area contributed by atoms with Crippen molar-refractivity contribution >= 4 is 0 Å². The molecule has 1 fully saturated rings. The molecule has 0 bridgehead atoms. The summed E-state index contributed by atoms with van der Waals surface area (Å²) in [5, 5.41) is 4.38. The highest BCUT2D eigenvalue weighted by molar-refractivity contribution is 5.29. The molecule has 1 atom stereocenters. The molecule has 1 aliphatic heterocycles. The standard InChI is InChI=1S/C18H25N3O/c1-15(16-4-6-18(22-2)7-5-16)14-20-12-8-17(9-13-20)21-11-3-10-19-21/h3-7,10-11,15,17H,8-9,12-14H2,1-2H3/t15-/m0/s1. The zero-order chi connectivity index (χ0) is 15.4. The highest BCUT2D eigenvalue weighted by atomic mass is 16.5. The van der Waals surface area contributed by atoms with Crippen LogP contribution in [0.15, 0.2) is 42.7 Å². The summed E-state index contributed by atoms with van der Waals surface area (Å²) in [6.45, 7) is 5.75. The second kappa shape index (κ2) is 6.97. The molecule has 2 aromatic rings. The van der Waals surface area contributed by atoms with Crippen LogP contribution in [0.5, 0.6) is 5.75 Å². The summed E-state index contributed by atoms with van der Waals surface area (Å²) in [6, 6.07) is 11.0. The molecule has 0 unspecified atom stereocenters. The Morgan fingerprint density at radius 2 is 1.95 bits per heavy atom. The number of aromatic nitrogens is 2. The summed E-state index contributed by atoms with van der Waals surface area (Å²) in [7, 11) is 1.71. The molecule has 1 aliphatic rings. The molecule has 3 rings (SSSR count). The molecule has 0 amide bonds. The van der Waals surface area contributed by atoms with Gasteiger partial charge in [0.15, 0.2) is 0 Å². The van der Waals surface area contributed by atoms with Crippen LogP contribution >= 0.6 is 0 Å². The smallest absolute Gasteiger partial charge is 0.118 e. The van der Waals surface area contributed by atoms with Crippen molar-refractivity contribution in [2.24, 2.45) is 0 Å². The second-order valence-electron chi connectivity index (χ2n) is 6.19. The molecule has 22 heavy (non-hydrogen) atoms. The summed E-state index contributed by atoms with van der Waals surface area (Å²) in [5.41, 5.74) is 1.38. The highest BCUT2D eigenvalue weighted by Gasteiger charge is 2.22. The lowest BCUT2D eigenvalue weighted by atomic mass is 9.98. The fourth-order valence-corrected chi connectivity index (χ4v) is 3.29. The number of nitrogens with zero attached hydrogens (tertiary/aromatic N) is 3. The van der Waals surface area contributed by atoms with Crippen molar-refractivity contribution < 1.29 is 4.74 Å². The first-order valence-electron chi connectivity index (χ1n) is 8.11. The molecular formula is C18H25N3O. The van der Waals surface area contributed by atoms with Gasteiger partial charge in [0.1, 0.15) is 5.75 Å². The van der Waals surface area contributed by atoms with Crippen LogP contribution < -0.4 is 4.74 Å². The van der Waals surface area contributed by atoms with Crippen LogP contribution in [0, 0.1) is 0 Å². The lowest BCUT2D eigenvalue weighted by Crippen LogP contribution is -2.37. The molecule has 1 aromatic carbocycles. The fraction of sp³-hybridized carbons (Fsp3) is 0.500. The molecular weight excluding hydrogens is 274 g/mol. The largest absolute Gasteiger partial charge is 0.497 e. The van der Waals surface area contributed by atoms with Crippen LogP contribution in [0.25, 0.3) is 0 Å². The molecule has 2 heterocycles. The van der Waals surface area contributed by atoms with Crippen LogP contribution in [-0.4, -0.2) is 41.4 Å². The number of methoxy groups -OCH3 is 1. The zero-order valence-corrected chi connectivity index (χ0v) is 13.5. The Morgan fingerprint density at radius 3 is 2.55 bits per heavy atom. The predicted octanol–water partition coefficient (Wildman–Crippen LogP) is 3.33. The van der Waals surface area contributed by atoms with Crippen molar-refractivity contribution in [3.8, 4) is 5.75 Å². The minimum Gasteiger partial charge on any atom is -0.497 e. The average molecular weight is 299 g/mol. The Labute approximate surface area is 132 Å². The first kappa shape index (κ1) is 15.1. The Kier molecular flexibility index (Phi) is 4.78. The van der Waals surface area contributed by atoms with Crippen molar-refractivity contribution in [3.63, 3.8) is 0 Å². The molecule has 4 heteroatoms. The Bertz CT molecular complexity index is 557. The Morgan fingerprint density at radius 1 is 1.23 bits per heavy atom. The van der Waals surface area contributed by atoms with Crippen molar-refractivity contribution in [1.82, 2.24) is 14.7 Å². The van der Waals surface area contributed by atoms with Gasteiger partial charge >= 0.3 is 0 Å². The van der Waals surface area contributed by atoms with Crippen molar-refractivity contribution in [1.29, 1.82) is 0 Å². The van der Waals surface area contributed by atoms with E-state index >= 15 is 0 Å². The number of piperidine rings is 1. The van der Waals surface area contributed by atoms with E-state index in [1.54, 1.807) is 7.11 Å². The van der Waals surface area contributed by atoms with E-state index in [2.05, 4.69) is 52.1 Å². The SMILES string of the molecule is COc1ccc([C@@H](C)CN2CCC(n3cccn3)CC2)cc1. The number of benzene rings is 1. The number of hydrogen-bond donors (Lipinski definition) is 0. The Balaban J connectivity index is 1.51. The Hall–Kier alpha value is -1.81. The van der Waals surface area contributed by atoms with E-state index in [4.69, 9.17) is 4.74 Å². The lowest BCUT2D eigenvalue weighted by Gasteiger charge is -2.33. The van der Waals surface area contributed by atoms with Crippen molar-refractivity contribution in [2.75, 3.05) is 26.7 Å². The number of hydrogen-bond acceptors (Lipinski definition) is 3. The molecule has 1 aromatic heterocycles. The van der Waals surface area contributed by atoms with Gasteiger partial charge in [-0.25, -0.2) is 0 Å². The van der Waals surface area contributed by atoms with Gasteiger partial charge in [0.05, 0.1) is 13.2 Å². The van der Waals surface area contributed by atoms with Crippen LogP contribution in [-0.2, 0) is 0 Å². The van der Waals surface area contributed by atoms with Gasteiger partial charge in [-0.2, -0.15) is 5.10 Å². The van der Waals surface area contributed by atoms with E-state index in [-0.39, 0.29) is 0 Å². The maximum Gasteiger partial charge on any atom is 0.118 e. The van der Waals surface area contributed by atoms with E-state index in [1.165, 1.54) is 18.4 Å². The highest BCUT2D eigenvalue weighted by Crippen LogP contribution is 2.25. The third-order valence-corrected chi connectivity index (χ3v) is 4.67. The lowest BCUT2D eigenvalue weighted by molar-refractivity contribution is 0.173. The maximum absolute atomic E-state index is 5.23. The number of rotatable bonds is 5. The fourth-order valence-electron chi connectivity index (χ4n) is 3.29. The molecule has 0 N–H and O–H groups in total. The quantitative estimate of drug-likeness (QED) is 0.848. The first-order chi connectivity index (χ1) is 10.8. The van der Waals surface area contributed by atoms with Gasteiger partial charge in [0.25, 0.3) is 0 Å². The van der Waals surface area contributed by atoms with Crippen molar-refractivity contribution in [2.45, 2.75) is 31.7 Å². The van der Waals surface area contributed by atoms with E-state index in [1.807, 2.05) is 12.3 Å². The number of likely N-dealkylation sites (tertiary alicyclic amines) is 1. The predicted molar refractivity (Wildman–Crippen MR) is 88.3 cm³/mol. The molecule has 1 saturated heterocycles. The molecule has 0 aliphatic carbocycles. The monoisotopic (exact) mass is 299 g/mol. The normalized spacial score (nSPS) is 18.3. The maximum atomic E-state index is 5.23. The molecule has 4 nitrogen and oxygen atoms in total. The number of ether oxygens (including phenoxy) is 1. The topological polar surface area (TPSA) is 30.3 Å². The third kappa shape index (κ3) is 3.50.